The van der Waals surface area contributed by atoms with Crippen LogP contribution in [0.4, 0.5) is 0 Å². The largest absolute Gasteiger partial charge is 0.312 e. The summed E-state index contributed by atoms with van der Waals surface area (Å²) in [7, 11) is 2.32. The van der Waals surface area contributed by atoms with Crippen LogP contribution in [0.1, 0.15) is 59.3 Å². The predicted molar refractivity (Wildman–Crippen MR) is 89.4 cm³/mol. The number of hydrogen-bond acceptors (Lipinski definition) is 3. The normalized spacial score (nSPS) is 19.6. The van der Waals surface area contributed by atoms with Crippen molar-refractivity contribution in [1.82, 2.24) is 15.1 Å². The highest BCUT2D eigenvalue weighted by Crippen LogP contribution is 2.13. The molecule has 1 aliphatic heterocycles. The maximum Gasteiger partial charge on any atom is 0.0244 e. The number of nitrogens with one attached hydrogen (secondary N) is 1. The van der Waals surface area contributed by atoms with Crippen molar-refractivity contribution in [2.75, 3.05) is 39.8 Å². The molecule has 1 fully saturated rings. The van der Waals surface area contributed by atoms with Crippen molar-refractivity contribution < 1.29 is 0 Å². The number of likely N-dealkylation sites (tertiary alicyclic amines) is 1. The van der Waals surface area contributed by atoms with Crippen LogP contribution < -0.4 is 5.32 Å². The summed E-state index contributed by atoms with van der Waals surface area (Å²) >= 11 is 0. The van der Waals surface area contributed by atoms with Crippen molar-refractivity contribution in [1.29, 1.82) is 0 Å². The lowest BCUT2D eigenvalue weighted by atomic mass is 9.99. The van der Waals surface area contributed by atoms with E-state index in [1.54, 1.807) is 0 Å². The molecule has 0 aromatic rings. The number of nitrogens with zero attached hydrogens (tertiary/aromatic N) is 2. The number of rotatable bonds is 11. The van der Waals surface area contributed by atoms with E-state index in [1.807, 2.05) is 0 Å². The molecule has 1 aliphatic rings. The third-order valence-electron chi connectivity index (χ3n) is 4.67. The summed E-state index contributed by atoms with van der Waals surface area (Å²) in [5, 5.41) is 3.77. The van der Waals surface area contributed by atoms with Crippen molar-refractivity contribution in [3.63, 3.8) is 0 Å². The van der Waals surface area contributed by atoms with Crippen LogP contribution in [0.25, 0.3) is 0 Å². The second-order valence-corrected chi connectivity index (χ2v) is 6.35. The molecule has 120 valence electrons. The molecule has 0 bridgehead atoms. The average molecular weight is 284 g/mol. The molecule has 2 unspecified atom stereocenters. The molecule has 0 spiro atoms. The molecule has 1 heterocycles. The molecule has 3 heteroatoms. The zero-order valence-corrected chi connectivity index (χ0v) is 14.3. The van der Waals surface area contributed by atoms with Gasteiger partial charge in [0.25, 0.3) is 0 Å². The minimum Gasteiger partial charge on any atom is -0.312 e. The van der Waals surface area contributed by atoms with Gasteiger partial charge in [-0.3, -0.25) is 0 Å². The maximum absolute atomic E-state index is 3.77. The monoisotopic (exact) mass is 283 g/mol. The fourth-order valence-corrected chi connectivity index (χ4v) is 3.45. The lowest BCUT2D eigenvalue weighted by Crippen LogP contribution is -2.50. The second-order valence-electron chi connectivity index (χ2n) is 6.35. The third-order valence-corrected chi connectivity index (χ3v) is 4.67. The molecule has 0 aromatic carbocycles. The number of hydrogen-bond donors (Lipinski definition) is 1. The van der Waals surface area contributed by atoms with Gasteiger partial charge < -0.3 is 15.1 Å². The van der Waals surface area contributed by atoms with Gasteiger partial charge in [-0.2, -0.15) is 0 Å². The van der Waals surface area contributed by atoms with E-state index in [0.29, 0.717) is 12.1 Å². The van der Waals surface area contributed by atoms with Crippen LogP contribution in [0.15, 0.2) is 0 Å². The van der Waals surface area contributed by atoms with Crippen LogP contribution in [0, 0.1) is 0 Å². The zero-order valence-electron chi connectivity index (χ0n) is 14.3. The van der Waals surface area contributed by atoms with Gasteiger partial charge in [0.05, 0.1) is 0 Å². The van der Waals surface area contributed by atoms with E-state index in [4.69, 9.17) is 0 Å². The molecule has 0 radical (unpaired) electrons. The molecular formula is C17H37N3. The molecule has 0 saturated carbocycles. The Morgan fingerprint density at radius 2 is 1.80 bits per heavy atom. The van der Waals surface area contributed by atoms with Gasteiger partial charge in [-0.05, 0) is 58.8 Å². The fraction of sp³-hybridized carbons (Fsp3) is 1.00. The van der Waals surface area contributed by atoms with Crippen molar-refractivity contribution in [2.24, 2.45) is 0 Å². The van der Waals surface area contributed by atoms with Gasteiger partial charge in [-0.15, -0.1) is 0 Å². The molecule has 20 heavy (non-hydrogen) atoms. The summed E-state index contributed by atoms with van der Waals surface area (Å²) in [5.74, 6) is 0. The summed E-state index contributed by atoms with van der Waals surface area (Å²) in [4.78, 5) is 5.22. The maximum atomic E-state index is 3.77. The first-order valence-electron chi connectivity index (χ1n) is 8.88. The first-order valence-corrected chi connectivity index (χ1v) is 8.88. The quantitative estimate of drug-likeness (QED) is 0.629. The lowest BCUT2D eigenvalue weighted by molar-refractivity contribution is 0.160. The minimum atomic E-state index is 0.661. The Labute approximate surface area is 127 Å². The van der Waals surface area contributed by atoms with Crippen LogP contribution >= 0.6 is 0 Å². The Kier molecular flexibility index (Phi) is 9.49. The van der Waals surface area contributed by atoms with E-state index in [2.05, 4.69) is 42.9 Å². The first kappa shape index (κ1) is 17.9. The molecule has 0 amide bonds. The Hall–Kier alpha value is -0.120. The van der Waals surface area contributed by atoms with Crippen LogP contribution in [0.5, 0.6) is 0 Å². The summed E-state index contributed by atoms with van der Waals surface area (Å²) in [6.07, 6.45) is 7.85. The van der Waals surface area contributed by atoms with Crippen molar-refractivity contribution in [3.8, 4) is 0 Å². The lowest BCUT2D eigenvalue weighted by Gasteiger charge is -2.35. The molecule has 0 aromatic heterocycles. The summed E-state index contributed by atoms with van der Waals surface area (Å²) in [6, 6.07) is 1.35. The molecule has 2 atom stereocenters. The SMILES string of the molecule is CCCNC(CCC)C(CC)N(C)CCN1CCCC1. The van der Waals surface area contributed by atoms with Gasteiger partial charge >= 0.3 is 0 Å². The van der Waals surface area contributed by atoms with E-state index in [1.165, 1.54) is 64.7 Å². The van der Waals surface area contributed by atoms with Gasteiger partial charge in [0.15, 0.2) is 0 Å². The van der Waals surface area contributed by atoms with Crippen LogP contribution in [0.3, 0.4) is 0 Å². The first-order chi connectivity index (χ1) is 9.72. The van der Waals surface area contributed by atoms with E-state index in [-0.39, 0.29) is 0 Å². The van der Waals surface area contributed by atoms with Crippen molar-refractivity contribution in [2.45, 2.75) is 71.4 Å². The van der Waals surface area contributed by atoms with Crippen LogP contribution in [0.2, 0.25) is 0 Å². The fourth-order valence-electron chi connectivity index (χ4n) is 3.45. The van der Waals surface area contributed by atoms with Gasteiger partial charge in [-0.25, -0.2) is 0 Å². The van der Waals surface area contributed by atoms with E-state index in [0.717, 1.165) is 6.54 Å². The second kappa shape index (κ2) is 10.6. The van der Waals surface area contributed by atoms with Crippen molar-refractivity contribution in [3.05, 3.63) is 0 Å². The Balaban J connectivity index is 2.41. The van der Waals surface area contributed by atoms with Gasteiger partial charge in [0.2, 0.25) is 0 Å². The van der Waals surface area contributed by atoms with Gasteiger partial charge in [0, 0.05) is 25.2 Å². The highest BCUT2D eigenvalue weighted by Gasteiger charge is 2.23. The Morgan fingerprint density at radius 3 is 2.35 bits per heavy atom. The van der Waals surface area contributed by atoms with E-state index in [9.17, 15) is 0 Å². The van der Waals surface area contributed by atoms with Crippen molar-refractivity contribution >= 4 is 0 Å². The summed E-state index contributed by atoms with van der Waals surface area (Å²) in [5.41, 5.74) is 0. The molecule has 1 N–H and O–H groups in total. The molecular weight excluding hydrogens is 246 g/mol. The van der Waals surface area contributed by atoms with E-state index < -0.39 is 0 Å². The molecule has 3 nitrogen and oxygen atoms in total. The molecule has 1 saturated heterocycles. The summed E-state index contributed by atoms with van der Waals surface area (Å²) in [6.45, 7) is 13.2. The highest BCUT2D eigenvalue weighted by atomic mass is 15.2. The third kappa shape index (κ3) is 6.11. The number of likely N-dealkylation sites (N-methyl/N-ethyl adjacent to an activating group) is 1. The van der Waals surface area contributed by atoms with Gasteiger partial charge in [0.1, 0.15) is 0 Å². The van der Waals surface area contributed by atoms with Crippen LogP contribution in [-0.4, -0.2) is 61.7 Å². The standard InChI is InChI=1S/C17H37N3/c1-5-10-16(18-11-6-2)17(7-3)19(4)14-15-20-12-8-9-13-20/h16-18H,5-15H2,1-4H3. The Bertz CT molecular complexity index is 226. The summed E-state index contributed by atoms with van der Waals surface area (Å²) < 4.78 is 0. The topological polar surface area (TPSA) is 18.5 Å². The predicted octanol–water partition coefficient (Wildman–Crippen LogP) is 2.96. The van der Waals surface area contributed by atoms with Crippen LogP contribution in [-0.2, 0) is 0 Å². The zero-order chi connectivity index (χ0) is 14.8. The minimum absolute atomic E-state index is 0.661. The smallest absolute Gasteiger partial charge is 0.0244 e. The average Bonchev–Trinajstić information content (AvgIpc) is 2.96. The molecule has 0 aliphatic carbocycles. The molecule has 1 rings (SSSR count). The highest BCUT2D eigenvalue weighted by molar-refractivity contribution is 4.83. The Morgan fingerprint density at radius 1 is 1.10 bits per heavy atom. The van der Waals surface area contributed by atoms with E-state index >= 15 is 0 Å². The van der Waals surface area contributed by atoms with Gasteiger partial charge in [-0.1, -0.05) is 27.2 Å².